The van der Waals surface area contributed by atoms with Crippen molar-refractivity contribution in [3.8, 4) is 0 Å². The molecule has 0 aromatic heterocycles. The van der Waals surface area contributed by atoms with E-state index in [1.165, 1.54) is 27.0 Å². The number of unbranched alkanes of at least 4 members (excludes halogenated alkanes) is 3. The second-order valence-electron chi connectivity index (χ2n) is 7.93. The normalized spacial score (nSPS) is 21.2. The van der Waals surface area contributed by atoms with E-state index >= 15 is 0 Å². The third kappa shape index (κ3) is 9.62. The number of rotatable bonds is 14. The van der Waals surface area contributed by atoms with Gasteiger partial charge in [-0.15, -0.1) is 0 Å². The van der Waals surface area contributed by atoms with E-state index in [1.54, 1.807) is 18.2 Å². The Morgan fingerprint density at radius 1 is 1.12 bits per heavy atom. The Balaban J connectivity index is 2.89. The Bertz CT molecular complexity index is 735. The van der Waals surface area contributed by atoms with Crippen LogP contribution in [0.4, 0.5) is 0 Å². The highest BCUT2D eigenvalue weighted by atomic mass is 16.6. The molecule has 0 aromatic rings. The van der Waals surface area contributed by atoms with E-state index in [-0.39, 0.29) is 18.6 Å². The number of carbonyl (C=O) groups excluding carboxylic acids is 4. The minimum atomic E-state index is -1.03. The van der Waals surface area contributed by atoms with Gasteiger partial charge in [0.25, 0.3) is 0 Å². The molecule has 0 aromatic carbocycles. The van der Waals surface area contributed by atoms with Gasteiger partial charge in [-0.25, -0.2) is 0 Å². The average molecular weight is 449 g/mol. The van der Waals surface area contributed by atoms with Crippen molar-refractivity contribution in [3.63, 3.8) is 0 Å². The van der Waals surface area contributed by atoms with Crippen LogP contribution in [0.1, 0.15) is 72.1 Å². The summed E-state index contributed by atoms with van der Waals surface area (Å²) >= 11 is 0. The number of hydrogen-bond acceptors (Lipinski definition) is 7. The van der Waals surface area contributed by atoms with E-state index in [0.717, 1.165) is 25.7 Å². The summed E-state index contributed by atoms with van der Waals surface area (Å²) in [5.41, 5.74) is -1.03. The van der Waals surface area contributed by atoms with Crippen molar-refractivity contribution in [2.45, 2.75) is 83.8 Å². The molecule has 0 spiro atoms. The molecule has 3 unspecified atom stereocenters. The first-order valence-electron chi connectivity index (χ1n) is 11.2. The van der Waals surface area contributed by atoms with Crippen molar-refractivity contribution in [3.05, 3.63) is 36.5 Å². The number of carbonyl (C=O) groups is 4. The summed E-state index contributed by atoms with van der Waals surface area (Å²) in [6, 6.07) is 0. The van der Waals surface area contributed by atoms with Gasteiger partial charge in [-0.05, 0) is 43.9 Å². The number of esters is 3. The minimum Gasteiger partial charge on any atom is -0.469 e. The van der Waals surface area contributed by atoms with Crippen LogP contribution in [0.2, 0.25) is 0 Å². The summed E-state index contributed by atoms with van der Waals surface area (Å²) in [4.78, 5) is 47.2. The smallest absolute Gasteiger partial charge is 0.305 e. The first kappa shape index (κ1) is 27.3. The summed E-state index contributed by atoms with van der Waals surface area (Å²) < 4.78 is 15.5. The molecular weight excluding hydrogens is 412 g/mol. The van der Waals surface area contributed by atoms with Crippen LogP contribution in [0.3, 0.4) is 0 Å². The van der Waals surface area contributed by atoms with Crippen molar-refractivity contribution in [1.82, 2.24) is 0 Å². The lowest BCUT2D eigenvalue weighted by atomic mass is 9.83. The highest BCUT2D eigenvalue weighted by molar-refractivity contribution is 5.96. The maximum atomic E-state index is 12.6. The van der Waals surface area contributed by atoms with E-state index in [4.69, 9.17) is 9.47 Å². The molecule has 32 heavy (non-hydrogen) atoms. The minimum absolute atomic E-state index is 0.100. The Labute approximate surface area is 190 Å². The van der Waals surface area contributed by atoms with E-state index in [0.29, 0.717) is 12.8 Å². The van der Waals surface area contributed by atoms with Crippen LogP contribution in [-0.4, -0.2) is 42.5 Å². The van der Waals surface area contributed by atoms with Gasteiger partial charge >= 0.3 is 17.9 Å². The summed E-state index contributed by atoms with van der Waals surface area (Å²) in [6.07, 6.45) is 15.4. The van der Waals surface area contributed by atoms with Crippen LogP contribution in [0.15, 0.2) is 36.5 Å². The van der Waals surface area contributed by atoms with Crippen molar-refractivity contribution >= 4 is 23.7 Å². The molecule has 0 bridgehead atoms. The Morgan fingerprint density at radius 3 is 2.50 bits per heavy atom. The fraction of sp³-hybridized carbons (Fsp3) is 0.600. The topological polar surface area (TPSA) is 96.0 Å². The van der Waals surface area contributed by atoms with E-state index in [2.05, 4.69) is 17.7 Å². The molecule has 0 amide bonds. The van der Waals surface area contributed by atoms with Gasteiger partial charge in [0.1, 0.15) is 11.7 Å². The van der Waals surface area contributed by atoms with Gasteiger partial charge in [0.05, 0.1) is 13.0 Å². The zero-order valence-electron chi connectivity index (χ0n) is 19.6. The first-order valence-corrected chi connectivity index (χ1v) is 11.2. The molecule has 7 nitrogen and oxygen atoms in total. The Kier molecular flexibility index (Phi) is 12.3. The van der Waals surface area contributed by atoms with Gasteiger partial charge < -0.3 is 14.2 Å². The van der Waals surface area contributed by atoms with Crippen LogP contribution < -0.4 is 0 Å². The number of methoxy groups -OCH3 is 1. The molecule has 0 N–H and O–H groups in total. The Hall–Kier alpha value is -2.70. The maximum Gasteiger partial charge on any atom is 0.305 e. The zero-order valence-corrected chi connectivity index (χ0v) is 19.6. The number of hydrogen-bond donors (Lipinski definition) is 0. The highest BCUT2D eigenvalue weighted by Gasteiger charge is 2.45. The van der Waals surface area contributed by atoms with Crippen LogP contribution in [-0.2, 0) is 33.4 Å². The molecule has 178 valence electrons. The van der Waals surface area contributed by atoms with Gasteiger partial charge in [0.15, 0.2) is 5.78 Å². The largest absolute Gasteiger partial charge is 0.469 e. The SMILES string of the molecule is CCCCCC=CCC1(OC(C)=O)C=CC(=O)C1CC=CC(CCC(=O)OC)OC(C)=O. The predicted octanol–water partition coefficient (Wildman–Crippen LogP) is 4.40. The molecular formula is C25H36O7. The summed E-state index contributed by atoms with van der Waals surface area (Å²) in [5, 5.41) is 0. The lowest BCUT2D eigenvalue weighted by molar-refractivity contribution is -0.157. The lowest BCUT2D eigenvalue weighted by Crippen LogP contribution is -2.40. The number of ether oxygens (including phenoxy) is 3. The van der Waals surface area contributed by atoms with Crippen LogP contribution in [0, 0.1) is 5.92 Å². The highest BCUT2D eigenvalue weighted by Crippen LogP contribution is 2.37. The molecule has 0 saturated heterocycles. The van der Waals surface area contributed by atoms with Gasteiger partial charge in [-0.2, -0.15) is 0 Å². The molecule has 0 saturated carbocycles. The third-order valence-corrected chi connectivity index (χ3v) is 5.28. The zero-order chi connectivity index (χ0) is 24.0. The van der Waals surface area contributed by atoms with Crippen molar-refractivity contribution in [1.29, 1.82) is 0 Å². The van der Waals surface area contributed by atoms with Crippen LogP contribution in [0.5, 0.6) is 0 Å². The maximum absolute atomic E-state index is 12.6. The van der Waals surface area contributed by atoms with E-state index < -0.39 is 35.5 Å². The lowest BCUT2D eigenvalue weighted by Gasteiger charge is -2.32. The third-order valence-electron chi connectivity index (χ3n) is 5.28. The number of allylic oxidation sites excluding steroid dienone is 3. The fourth-order valence-electron chi connectivity index (χ4n) is 3.67. The second kappa shape index (κ2) is 14.4. The van der Waals surface area contributed by atoms with Gasteiger partial charge in [-0.3, -0.25) is 19.2 Å². The van der Waals surface area contributed by atoms with E-state index in [1.807, 2.05) is 6.08 Å². The predicted molar refractivity (Wildman–Crippen MR) is 121 cm³/mol. The first-order chi connectivity index (χ1) is 15.2. The van der Waals surface area contributed by atoms with Gasteiger partial charge in [0, 0.05) is 26.7 Å². The Morgan fingerprint density at radius 2 is 1.88 bits per heavy atom. The number of ketones is 1. The molecule has 0 heterocycles. The molecule has 1 aliphatic carbocycles. The van der Waals surface area contributed by atoms with Crippen LogP contribution >= 0.6 is 0 Å². The summed E-state index contributed by atoms with van der Waals surface area (Å²) in [6.45, 7) is 4.77. The second-order valence-corrected chi connectivity index (χ2v) is 7.93. The quantitative estimate of drug-likeness (QED) is 0.168. The molecule has 1 rings (SSSR count). The molecule has 1 aliphatic rings. The van der Waals surface area contributed by atoms with Crippen molar-refractivity contribution in [2.75, 3.05) is 7.11 Å². The van der Waals surface area contributed by atoms with Gasteiger partial charge in [-0.1, -0.05) is 38.0 Å². The van der Waals surface area contributed by atoms with E-state index in [9.17, 15) is 19.2 Å². The molecule has 0 aliphatic heterocycles. The molecule has 0 radical (unpaired) electrons. The van der Waals surface area contributed by atoms with Crippen molar-refractivity contribution in [2.24, 2.45) is 5.92 Å². The summed E-state index contributed by atoms with van der Waals surface area (Å²) in [7, 11) is 1.30. The van der Waals surface area contributed by atoms with Crippen LogP contribution in [0.25, 0.3) is 0 Å². The molecule has 3 atom stereocenters. The van der Waals surface area contributed by atoms with Crippen molar-refractivity contribution < 1.29 is 33.4 Å². The fourth-order valence-corrected chi connectivity index (χ4v) is 3.67. The molecule has 7 heteroatoms. The summed E-state index contributed by atoms with van der Waals surface area (Å²) in [5.74, 6) is -2.00. The van der Waals surface area contributed by atoms with Gasteiger partial charge in [0.2, 0.25) is 0 Å². The average Bonchev–Trinajstić information content (AvgIpc) is 3.03. The monoisotopic (exact) mass is 448 g/mol. The molecule has 0 fully saturated rings. The standard InChI is InChI=1S/C25H36O7/c1-5-6-7-8-9-10-17-25(32-20(3)27)18-16-23(28)22(25)13-11-12-21(31-19(2)26)14-15-24(29)30-4/h9-12,16,18,21-22H,5-8,13-15,17H2,1-4H3.